The smallest absolute Gasteiger partial charge is 0.298 e. The molecule has 2 aromatic rings. The van der Waals surface area contributed by atoms with E-state index in [2.05, 4.69) is 67.2 Å². The van der Waals surface area contributed by atoms with Gasteiger partial charge in [-0.05, 0) is 19.4 Å². The van der Waals surface area contributed by atoms with Gasteiger partial charge in [0.25, 0.3) is 6.01 Å². The summed E-state index contributed by atoms with van der Waals surface area (Å²) in [6, 6.07) is 11.9. The van der Waals surface area contributed by atoms with Crippen molar-refractivity contribution in [3.8, 4) is 0 Å². The summed E-state index contributed by atoms with van der Waals surface area (Å²) in [6.07, 6.45) is 1.74. The molecule has 0 atom stereocenters. The summed E-state index contributed by atoms with van der Waals surface area (Å²) in [6.45, 7) is 10.1. The van der Waals surface area contributed by atoms with E-state index in [9.17, 15) is 0 Å². The van der Waals surface area contributed by atoms with E-state index in [1.807, 2.05) is 6.07 Å². The molecule has 0 aliphatic heterocycles. The average molecular weight is 287 g/mol. The Balaban J connectivity index is 2.08. The van der Waals surface area contributed by atoms with Gasteiger partial charge in [0.05, 0.1) is 5.69 Å². The third-order valence-corrected chi connectivity index (χ3v) is 3.30. The lowest BCUT2D eigenvalue weighted by Gasteiger charge is -2.24. The van der Waals surface area contributed by atoms with E-state index in [-0.39, 0.29) is 0 Å². The van der Waals surface area contributed by atoms with Crippen molar-refractivity contribution in [3.63, 3.8) is 0 Å². The number of nitrogens with zero attached hydrogens (tertiary/aromatic N) is 2. The van der Waals surface area contributed by atoms with Gasteiger partial charge in [-0.3, -0.25) is 0 Å². The van der Waals surface area contributed by atoms with Crippen LogP contribution in [-0.4, -0.2) is 17.1 Å². The van der Waals surface area contributed by atoms with E-state index in [1.54, 1.807) is 6.26 Å². The van der Waals surface area contributed by atoms with Gasteiger partial charge in [-0.15, -0.1) is 0 Å². The Bertz CT molecular complexity index is 534. The van der Waals surface area contributed by atoms with Crippen LogP contribution in [0.5, 0.6) is 0 Å². The fraction of sp³-hybridized carbons (Fsp3) is 0.471. The first-order chi connectivity index (χ1) is 10.1. The molecule has 1 heterocycles. The summed E-state index contributed by atoms with van der Waals surface area (Å²) in [4.78, 5) is 6.77. The molecule has 21 heavy (non-hydrogen) atoms. The van der Waals surface area contributed by atoms with Crippen molar-refractivity contribution < 1.29 is 4.42 Å². The highest BCUT2D eigenvalue weighted by Gasteiger charge is 2.17. The van der Waals surface area contributed by atoms with Crippen molar-refractivity contribution in [2.75, 3.05) is 4.90 Å². The number of aromatic nitrogens is 1. The van der Waals surface area contributed by atoms with Crippen molar-refractivity contribution in [1.82, 2.24) is 10.3 Å². The summed E-state index contributed by atoms with van der Waals surface area (Å²) in [5, 5.41) is 3.35. The number of rotatable bonds is 7. The normalized spacial score (nSPS) is 11.3. The zero-order chi connectivity index (χ0) is 15.2. The molecule has 0 saturated heterocycles. The average Bonchev–Trinajstić information content (AvgIpc) is 2.92. The molecule has 0 fully saturated rings. The standard InChI is InChI=1S/C17H25N3O/c1-13(2)18-10-16-12-21-17(19-16)20(14(3)4)11-15-8-6-5-7-9-15/h5-9,12-14,18H,10-11H2,1-4H3. The van der Waals surface area contributed by atoms with Crippen LogP contribution in [0, 0.1) is 0 Å². The first-order valence-electron chi connectivity index (χ1n) is 7.54. The SMILES string of the molecule is CC(C)NCc1coc(N(Cc2ccccc2)C(C)C)n1. The number of hydrogen-bond acceptors (Lipinski definition) is 4. The maximum absolute atomic E-state index is 5.67. The van der Waals surface area contributed by atoms with Gasteiger partial charge in [-0.2, -0.15) is 4.98 Å². The van der Waals surface area contributed by atoms with E-state index in [1.165, 1.54) is 5.56 Å². The van der Waals surface area contributed by atoms with Gasteiger partial charge in [0.15, 0.2) is 0 Å². The van der Waals surface area contributed by atoms with Crippen molar-refractivity contribution in [3.05, 3.63) is 47.9 Å². The first-order valence-corrected chi connectivity index (χ1v) is 7.54. The third-order valence-electron chi connectivity index (χ3n) is 3.30. The second-order valence-corrected chi connectivity index (χ2v) is 5.86. The molecule has 114 valence electrons. The monoisotopic (exact) mass is 287 g/mol. The quantitative estimate of drug-likeness (QED) is 0.845. The maximum atomic E-state index is 5.67. The summed E-state index contributed by atoms with van der Waals surface area (Å²) < 4.78 is 5.67. The van der Waals surface area contributed by atoms with E-state index in [0.29, 0.717) is 18.1 Å². The molecule has 1 aromatic carbocycles. The van der Waals surface area contributed by atoms with Crippen LogP contribution in [0.4, 0.5) is 6.01 Å². The molecule has 0 bridgehead atoms. The highest BCUT2D eigenvalue weighted by atomic mass is 16.4. The van der Waals surface area contributed by atoms with Crippen LogP contribution in [0.15, 0.2) is 41.0 Å². The molecule has 0 spiro atoms. The van der Waals surface area contributed by atoms with Crippen molar-refractivity contribution >= 4 is 6.01 Å². The molecule has 2 rings (SSSR count). The molecule has 0 aliphatic rings. The lowest BCUT2D eigenvalue weighted by molar-refractivity contribution is 0.508. The number of benzene rings is 1. The van der Waals surface area contributed by atoms with Gasteiger partial charge in [0.2, 0.25) is 0 Å². The van der Waals surface area contributed by atoms with E-state index >= 15 is 0 Å². The van der Waals surface area contributed by atoms with Crippen LogP contribution in [0.25, 0.3) is 0 Å². The Morgan fingerprint density at radius 2 is 1.86 bits per heavy atom. The molecular weight excluding hydrogens is 262 g/mol. The zero-order valence-corrected chi connectivity index (χ0v) is 13.3. The minimum atomic E-state index is 0.328. The molecule has 0 saturated carbocycles. The first kappa shape index (κ1) is 15.6. The summed E-state index contributed by atoms with van der Waals surface area (Å²) in [5.41, 5.74) is 2.20. The number of nitrogens with one attached hydrogen (secondary N) is 1. The minimum absolute atomic E-state index is 0.328. The van der Waals surface area contributed by atoms with Gasteiger partial charge >= 0.3 is 0 Å². The van der Waals surface area contributed by atoms with Crippen LogP contribution in [0.2, 0.25) is 0 Å². The van der Waals surface area contributed by atoms with Gasteiger partial charge in [-0.25, -0.2) is 0 Å². The molecule has 4 heteroatoms. The Kier molecular flexibility index (Phi) is 5.39. The molecule has 0 radical (unpaired) electrons. The Morgan fingerprint density at radius 3 is 2.48 bits per heavy atom. The van der Waals surface area contributed by atoms with E-state index in [4.69, 9.17) is 4.42 Å². The Labute approximate surface area is 127 Å². The summed E-state index contributed by atoms with van der Waals surface area (Å²) >= 11 is 0. The molecule has 1 aromatic heterocycles. The molecule has 1 N–H and O–H groups in total. The molecule has 0 unspecified atom stereocenters. The molecule has 0 amide bonds. The molecule has 4 nitrogen and oxygen atoms in total. The predicted molar refractivity (Wildman–Crippen MR) is 86.2 cm³/mol. The maximum Gasteiger partial charge on any atom is 0.298 e. The number of anilines is 1. The summed E-state index contributed by atoms with van der Waals surface area (Å²) in [5.74, 6) is 0. The van der Waals surface area contributed by atoms with Crippen molar-refractivity contribution in [1.29, 1.82) is 0 Å². The fourth-order valence-electron chi connectivity index (χ4n) is 2.07. The Morgan fingerprint density at radius 1 is 1.14 bits per heavy atom. The van der Waals surface area contributed by atoms with Gasteiger partial charge < -0.3 is 14.6 Å². The highest BCUT2D eigenvalue weighted by Crippen LogP contribution is 2.19. The van der Waals surface area contributed by atoms with Crippen LogP contribution < -0.4 is 10.2 Å². The van der Waals surface area contributed by atoms with Gasteiger partial charge in [-0.1, -0.05) is 44.2 Å². The number of hydrogen-bond donors (Lipinski definition) is 1. The largest absolute Gasteiger partial charge is 0.432 e. The Hall–Kier alpha value is -1.81. The van der Waals surface area contributed by atoms with Gasteiger partial charge in [0.1, 0.15) is 6.26 Å². The summed E-state index contributed by atoms with van der Waals surface area (Å²) in [7, 11) is 0. The zero-order valence-electron chi connectivity index (χ0n) is 13.3. The van der Waals surface area contributed by atoms with E-state index in [0.717, 1.165) is 18.8 Å². The minimum Gasteiger partial charge on any atom is -0.432 e. The van der Waals surface area contributed by atoms with Crippen molar-refractivity contribution in [2.24, 2.45) is 0 Å². The topological polar surface area (TPSA) is 41.3 Å². The second kappa shape index (κ2) is 7.27. The predicted octanol–water partition coefficient (Wildman–Crippen LogP) is 3.59. The highest BCUT2D eigenvalue weighted by molar-refractivity contribution is 5.31. The third kappa shape index (κ3) is 4.60. The van der Waals surface area contributed by atoms with Crippen molar-refractivity contribution in [2.45, 2.75) is 52.9 Å². The lowest BCUT2D eigenvalue weighted by Crippen LogP contribution is -2.30. The van der Waals surface area contributed by atoms with E-state index < -0.39 is 0 Å². The fourth-order valence-corrected chi connectivity index (χ4v) is 2.07. The van der Waals surface area contributed by atoms with Gasteiger partial charge in [0, 0.05) is 25.2 Å². The lowest BCUT2D eigenvalue weighted by atomic mass is 10.2. The van der Waals surface area contributed by atoms with Crippen LogP contribution in [-0.2, 0) is 13.1 Å². The molecule has 0 aliphatic carbocycles. The molecular formula is C17H25N3O. The second-order valence-electron chi connectivity index (χ2n) is 5.86. The number of oxazole rings is 1. The van der Waals surface area contributed by atoms with Crippen LogP contribution in [0.1, 0.15) is 39.0 Å². The van der Waals surface area contributed by atoms with Crippen LogP contribution in [0.3, 0.4) is 0 Å². The van der Waals surface area contributed by atoms with Crippen LogP contribution >= 0.6 is 0 Å².